The molecule has 0 aromatic rings. The molecule has 0 saturated heterocycles. The standard InChI is InChI=1S/C30H50N8O5/c1-2-3-8-22-9-4-5-10-23(17-22)18-26(37-28(41)20-34-21-39)30(43)38-25(12-6-13-31)29(42)36-15-7-11-24(33)19-27(40)35-16-14-32/h3-4,8-10,17,21,24-26H,2,5-7,11-16,18-20,31-33H2,1H3,(H,34,39)(H,35,40)(H,36,42)(H,37,41)(H,38,43)/b8-3+. The van der Waals surface area contributed by atoms with Crippen LogP contribution in [0.3, 0.4) is 0 Å². The van der Waals surface area contributed by atoms with E-state index in [-0.39, 0.29) is 37.2 Å². The van der Waals surface area contributed by atoms with Crippen LogP contribution in [0.1, 0.15) is 58.3 Å². The highest BCUT2D eigenvalue weighted by Crippen LogP contribution is 2.18. The van der Waals surface area contributed by atoms with Gasteiger partial charge in [0, 0.05) is 38.5 Å². The summed E-state index contributed by atoms with van der Waals surface area (Å²) in [6, 6.07) is -2.22. The summed E-state index contributed by atoms with van der Waals surface area (Å²) >= 11 is 0. The molecule has 11 N–H and O–H groups in total. The third kappa shape index (κ3) is 17.0. The molecule has 13 nitrogen and oxygen atoms in total. The van der Waals surface area contributed by atoms with Gasteiger partial charge in [-0.1, -0.05) is 43.4 Å². The van der Waals surface area contributed by atoms with E-state index in [2.05, 4.69) is 26.6 Å². The molecule has 0 spiro atoms. The van der Waals surface area contributed by atoms with Gasteiger partial charge in [-0.25, -0.2) is 0 Å². The number of nitrogens with one attached hydrogen (secondary N) is 5. The zero-order valence-electron chi connectivity index (χ0n) is 25.2. The van der Waals surface area contributed by atoms with E-state index in [1.807, 2.05) is 43.4 Å². The van der Waals surface area contributed by atoms with Crippen LogP contribution in [-0.4, -0.2) is 80.9 Å². The second-order valence-corrected chi connectivity index (χ2v) is 10.2. The van der Waals surface area contributed by atoms with E-state index in [0.29, 0.717) is 64.7 Å². The maximum Gasteiger partial charge on any atom is 0.243 e. The van der Waals surface area contributed by atoms with Crippen LogP contribution in [0.25, 0.3) is 0 Å². The molecule has 0 radical (unpaired) electrons. The Balaban J connectivity index is 2.89. The van der Waals surface area contributed by atoms with E-state index in [0.717, 1.165) is 17.6 Å². The molecule has 1 rings (SSSR count). The van der Waals surface area contributed by atoms with Crippen LogP contribution in [0, 0.1) is 0 Å². The molecule has 0 bridgehead atoms. The molecule has 0 aromatic carbocycles. The third-order valence-electron chi connectivity index (χ3n) is 6.46. The van der Waals surface area contributed by atoms with Gasteiger partial charge in [-0.05, 0) is 56.2 Å². The first-order valence-corrected chi connectivity index (χ1v) is 14.9. The van der Waals surface area contributed by atoms with Gasteiger partial charge in [0.05, 0.1) is 6.54 Å². The van der Waals surface area contributed by atoms with E-state index in [9.17, 15) is 24.0 Å². The molecule has 1 aliphatic rings. The predicted octanol–water partition coefficient (Wildman–Crippen LogP) is -0.701. The Bertz CT molecular complexity index is 1020. The number of hydrogen-bond acceptors (Lipinski definition) is 8. The van der Waals surface area contributed by atoms with Crippen molar-refractivity contribution in [2.75, 3.05) is 32.7 Å². The average molecular weight is 603 g/mol. The lowest BCUT2D eigenvalue weighted by Crippen LogP contribution is -2.54. The molecule has 0 aromatic heterocycles. The van der Waals surface area contributed by atoms with Crippen molar-refractivity contribution in [2.24, 2.45) is 17.2 Å². The normalized spacial score (nSPS) is 14.9. The number of nitrogens with two attached hydrogens (primary N) is 3. The fraction of sp³-hybridized carbons (Fsp3) is 0.567. The molecule has 240 valence electrons. The SMILES string of the molecule is CC/C=C/C1=CC(CC(NC(=O)CNC=O)C(=O)NC(CCCN)C(=O)NCCCC(N)CC(=O)NCCN)=CCC=C1. The van der Waals surface area contributed by atoms with Crippen molar-refractivity contribution in [3.05, 3.63) is 47.6 Å². The highest BCUT2D eigenvalue weighted by molar-refractivity contribution is 5.92. The number of carbonyl (C=O) groups is 5. The Morgan fingerprint density at radius 3 is 2.44 bits per heavy atom. The third-order valence-corrected chi connectivity index (χ3v) is 6.46. The molecule has 0 fully saturated rings. The van der Waals surface area contributed by atoms with Gasteiger partial charge in [0.15, 0.2) is 0 Å². The van der Waals surface area contributed by atoms with E-state index in [1.165, 1.54) is 0 Å². The molecular weight excluding hydrogens is 552 g/mol. The van der Waals surface area contributed by atoms with Crippen molar-refractivity contribution in [1.29, 1.82) is 0 Å². The first kappa shape index (κ1) is 37.2. The van der Waals surface area contributed by atoms with Gasteiger partial charge in [0.25, 0.3) is 0 Å². The van der Waals surface area contributed by atoms with Crippen molar-refractivity contribution in [3.8, 4) is 0 Å². The smallest absolute Gasteiger partial charge is 0.243 e. The molecule has 1 aliphatic carbocycles. The van der Waals surface area contributed by atoms with Gasteiger partial charge in [0.1, 0.15) is 12.1 Å². The summed E-state index contributed by atoms with van der Waals surface area (Å²) < 4.78 is 0. The Labute approximate surface area is 254 Å². The van der Waals surface area contributed by atoms with Gasteiger partial charge in [-0.2, -0.15) is 0 Å². The molecule has 0 heterocycles. The largest absolute Gasteiger partial charge is 0.355 e. The topological polar surface area (TPSA) is 224 Å². The maximum absolute atomic E-state index is 13.5. The van der Waals surface area contributed by atoms with E-state index < -0.39 is 23.9 Å². The van der Waals surface area contributed by atoms with Gasteiger partial charge >= 0.3 is 0 Å². The van der Waals surface area contributed by atoms with Gasteiger partial charge in [-0.3, -0.25) is 24.0 Å². The molecule has 43 heavy (non-hydrogen) atoms. The quantitative estimate of drug-likeness (QED) is 0.0583. The highest BCUT2D eigenvalue weighted by atomic mass is 16.2. The number of rotatable bonds is 22. The minimum absolute atomic E-state index is 0.163. The van der Waals surface area contributed by atoms with Crippen LogP contribution in [-0.2, 0) is 24.0 Å². The van der Waals surface area contributed by atoms with Crippen LogP contribution in [0.5, 0.6) is 0 Å². The summed E-state index contributed by atoms with van der Waals surface area (Å²) in [5.74, 6) is -1.62. The van der Waals surface area contributed by atoms with Crippen LogP contribution in [0.15, 0.2) is 47.6 Å². The maximum atomic E-state index is 13.5. The molecule has 13 heteroatoms. The van der Waals surface area contributed by atoms with Gasteiger partial charge in [0.2, 0.25) is 30.0 Å². The van der Waals surface area contributed by atoms with Crippen molar-refractivity contribution in [3.63, 3.8) is 0 Å². The van der Waals surface area contributed by atoms with Crippen molar-refractivity contribution < 1.29 is 24.0 Å². The number of allylic oxidation sites excluding steroid dienone is 7. The second-order valence-electron chi connectivity index (χ2n) is 10.2. The fourth-order valence-electron chi connectivity index (χ4n) is 4.26. The van der Waals surface area contributed by atoms with Crippen LogP contribution in [0.2, 0.25) is 0 Å². The molecule has 3 atom stereocenters. The Kier molecular flexibility index (Phi) is 19.7. The summed E-state index contributed by atoms with van der Waals surface area (Å²) in [7, 11) is 0. The Hall–Kier alpha value is -3.81. The number of amides is 5. The number of hydrogen-bond donors (Lipinski definition) is 8. The lowest BCUT2D eigenvalue weighted by molar-refractivity contribution is -0.132. The lowest BCUT2D eigenvalue weighted by Gasteiger charge is -2.24. The highest BCUT2D eigenvalue weighted by Gasteiger charge is 2.27. The zero-order chi connectivity index (χ0) is 31.9. The Morgan fingerprint density at radius 1 is 0.953 bits per heavy atom. The molecule has 3 unspecified atom stereocenters. The average Bonchev–Trinajstić information content (AvgIpc) is 3.22. The van der Waals surface area contributed by atoms with E-state index in [1.54, 1.807) is 0 Å². The minimum Gasteiger partial charge on any atom is -0.355 e. The van der Waals surface area contributed by atoms with Gasteiger partial charge in [-0.15, -0.1) is 0 Å². The van der Waals surface area contributed by atoms with Crippen molar-refractivity contribution >= 4 is 30.0 Å². The first-order chi connectivity index (χ1) is 20.7. The summed E-state index contributed by atoms with van der Waals surface area (Å²) in [5, 5.41) is 13.3. The van der Waals surface area contributed by atoms with Crippen molar-refractivity contribution in [1.82, 2.24) is 26.6 Å². The Morgan fingerprint density at radius 2 is 1.74 bits per heavy atom. The van der Waals surface area contributed by atoms with Crippen LogP contribution in [0.4, 0.5) is 0 Å². The van der Waals surface area contributed by atoms with Crippen LogP contribution < -0.4 is 43.8 Å². The van der Waals surface area contributed by atoms with Gasteiger partial charge < -0.3 is 43.8 Å². The summed E-state index contributed by atoms with van der Waals surface area (Å²) in [5.41, 5.74) is 18.9. The molecular formula is C30H50N8O5. The molecule has 5 amide bonds. The molecule has 0 saturated carbocycles. The fourth-order valence-corrected chi connectivity index (χ4v) is 4.26. The van der Waals surface area contributed by atoms with E-state index >= 15 is 0 Å². The molecule has 0 aliphatic heterocycles. The monoisotopic (exact) mass is 602 g/mol. The second kappa shape index (κ2) is 22.7. The van der Waals surface area contributed by atoms with E-state index in [4.69, 9.17) is 17.2 Å². The predicted molar refractivity (Wildman–Crippen MR) is 167 cm³/mol. The van der Waals surface area contributed by atoms with Crippen LogP contribution >= 0.6 is 0 Å². The first-order valence-electron chi connectivity index (χ1n) is 14.9. The zero-order valence-corrected chi connectivity index (χ0v) is 25.2. The lowest BCUT2D eigenvalue weighted by atomic mass is 10.0. The minimum atomic E-state index is -0.991. The summed E-state index contributed by atoms with van der Waals surface area (Å²) in [6.07, 6.45) is 16.1. The summed E-state index contributed by atoms with van der Waals surface area (Å²) in [4.78, 5) is 61.5. The summed E-state index contributed by atoms with van der Waals surface area (Å²) in [6.45, 7) is 3.13. The van der Waals surface area contributed by atoms with Crippen molar-refractivity contribution in [2.45, 2.75) is 76.4 Å². The number of carbonyl (C=O) groups excluding carboxylic acids is 5.